The van der Waals surface area contributed by atoms with Gasteiger partial charge in [-0.1, -0.05) is 0 Å². The summed E-state index contributed by atoms with van der Waals surface area (Å²) in [7, 11) is -3.67. The molecule has 5 atom stereocenters. The van der Waals surface area contributed by atoms with Crippen molar-refractivity contribution in [2.24, 2.45) is 17.8 Å². The number of unbranched alkanes of at least 4 members (excludes halogenated alkanes) is 3. The Morgan fingerprint density at radius 3 is 1.59 bits per heavy atom. The van der Waals surface area contributed by atoms with Crippen LogP contribution in [0.5, 0.6) is 0 Å². The summed E-state index contributed by atoms with van der Waals surface area (Å²) in [5.41, 5.74) is 1.44. The van der Waals surface area contributed by atoms with Crippen molar-refractivity contribution in [1.82, 2.24) is 0 Å². The Morgan fingerprint density at radius 1 is 0.756 bits per heavy atom. The van der Waals surface area contributed by atoms with Gasteiger partial charge in [-0.15, -0.1) is 0 Å². The van der Waals surface area contributed by atoms with Gasteiger partial charge < -0.3 is 0 Å². The van der Waals surface area contributed by atoms with Gasteiger partial charge in [0.2, 0.25) is 0 Å². The van der Waals surface area contributed by atoms with E-state index in [0.717, 1.165) is 6.42 Å². The molecule has 0 amide bonds. The number of allylic oxidation sites excluding steroid dienone is 2. The molecule has 41 heavy (non-hydrogen) atoms. The third kappa shape index (κ3) is 15.5. The van der Waals surface area contributed by atoms with Crippen molar-refractivity contribution in [3.05, 3.63) is 21.8 Å². The molecule has 244 valence electrons. The summed E-state index contributed by atoms with van der Waals surface area (Å²) < 4.78 is 21.7. The van der Waals surface area contributed by atoms with Crippen LogP contribution in [0.2, 0.25) is 51.1 Å². The van der Waals surface area contributed by atoms with Gasteiger partial charge in [-0.3, -0.25) is 0 Å². The van der Waals surface area contributed by atoms with Crippen molar-refractivity contribution in [2.45, 2.75) is 184 Å². The molecule has 5 heteroatoms. The van der Waals surface area contributed by atoms with Crippen LogP contribution in [0.3, 0.4) is 0 Å². The first-order chi connectivity index (χ1) is 18.8. The first-order valence-corrected chi connectivity index (χ1v) is 31.5. The summed E-state index contributed by atoms with van der Waals surface area (Å²) in [6, 6.07) is 0. The second-order valence-electron chi connectivity index (χ2n) is 16.1. The second kappa shape index (κ2) is 19.2. The molecule has 0 spiro atoms. The molecule has 0 bridgehead atoms. The van der Waals surface area contributed by atoms with Gasteiger partial charge in [-0.25, -0.2) is 0 Å². The van der Waals surface area contributed by atoms with Crippen LogP contribution in [0, 0.1) is 17.8 Å². The van der Waals surface area contributed by atoms with Gasteiger partial charge >= 0.3 is 268 Å². The van der Waals surface area contributed by atoms with Crippen LogP contribution >= 0.6 is 0 Å². The molecule has 0 aliphatic carbocycles. The fourth-order valence-electron chi connectivity index (χ4n) is 5.86. The molecular formula is C36H76O2Si2Sn. The quantitative estimate of drug-likeness (QED) is 0.0870. The van der Waals surface area contributed by atoms with E-state index in [1.807, 2.05) is 0 Å². The summed E-state index contributed by atoms with van der Waals surface area (Å²) >= 11 is -2.30. The summed E-state index contributed by atoms with van der Waals surface area (Å²) in [5.74, 6) is 1.20. The van der Waals surface area contributed by atoms with E-state index in [4.69, 9.17) is 8.85 Å². The zero-order valence-corrected chi connectivity index (χ0v) is 35.9. The van der Waals surface area contributed by atoms with Crippen LogP contribution in [0.25, 0.3) is 0 Å². The van der Waals surface area contributed by atoms with Gasteiger partial charge in [0, 0.05) is 0 Å². The molecule has 0 saturated heterocycles. The molecule has 0 radical (unpaired) electrons. The number of hydrogen-bond donors (Lipinski definition) is 0. The van der Waals surface area contributed by atoms with Crippen molar-refractivity contribution < 1.29 is 8.85 Å². The molecule has 0 unspecified atom stereocenters. The van der Waals surface area contributed by atoms with Crippen LogP contribution in [-0.4, -0.2) is 47.2 Å². The maximum atomic E-state index is 7.22. The second-order valence-corrected chi connectivity index (χ2v) is 38.3. The van der Waals surface area contributed by atoms with Crippen molar-refractivity contribution in [1.29, 1.82) is 0 Å². The van der Waals surface area contributed by atoms with E-state index in [1.54, 1.807) is 0 Å². The van der Waals surface area contributed by atoms with Gasteiger partial charge in [0.25, 0.3) is 0 Å². The maximum absolute atomic E-state index is 7.22. The molecule has 0 N–H and O–H groups in total. The van der Waals surface area contributed by atoms with E-state index in [-0.39, 0.29) is 17.2 Å². The van der Waals surface area contributed by atoms with E-state index in [2.05, 4.69) is 125 Å². The van der Waals surface area contributed by atoms with E-state index < -0.39 is 35.0 Å². The van der Waals surface area contributed by atoms with Crippen LogP contribution in [0.15, 0.2) is 21.8 Å². The van der Waals surface area contributed by atoms with E-state index in [1.165, 1.54) is 57.4 Å². The molecule has 0 aliphatic rings. The van der Waals surface area contributed by atoms with Crippen molar-refractivity contribution in [3.8, 4) is 0 Å². The van der Waals surface area contributed by atoms with E-state index in [9.17, 15) is 0 Å². The van der Waals surface area contributed by atoms with Crippen LogP contribution < -0.4 is 0 Å². The topological polar surface area (TPSA) is 18.5 Å². The summed E-state index contributed by atoms with van der Waals surface area (Å²) in [4.78, 5) is 0. The third-order valence-corrected chi connectivity index (χ3v) is 29.3. The number of rotatable bonds is 21. The average molecular weight is 716 g/mol. The predicted molar refractivity (Wildman–Crippen MR) is 196 cm³/mol. The van der Waals surface area contributed by atoms with Crippen LogP contribution in [0.4, 0.5) is 0 Å². The van der Waals surface area contributed by atoms with Gasteiger partial charge in [-0.2, -0.15) is 0 Å². The first-order valence-electron chi connectivity index (χ1n) is 17.5. The van der Waals surface area contributed by atoms with Gasteiger partial charge in [0.05, 0.1) is 0 Å². The van der Waals surface area contributed by atoms with Crippen molar-refractivity contribution >= 4 is 35.0 Å². The van der Waals surface area contributed by atoms with Gasteiger partial charge in [0.15, 0.2) is 0 Å². The molecule has 2 nitrogen and oxygen atoms in total. The molecule has 0 aromatic heterocycles. The Hall–Kier alpha value is 0.632. The fourth-order valence-corrected chi connectivity index (χ4v) is 23.0. The molecule has 0 heterocycles. The average Bonchev–Trinajstić information content (AvgIpc) is 2.87. The standard InChI is InChI=1S/C24H49O2Si2.3C4H9.Sn/c1-15-18(3)17-20(5)23(25-27(10,11)12)21(6)22(19(4)16-2)26-28(13,14)24(7,8)9;3*1-3-4-2;/h1,15,17,19-23H,16H2,2-14H3;3*1,3-4H2,2H3;/b15-1?,18-17+;;;;/t19-,20+,21-,22+,23+;;;;/m0..../s1. The Balaban J connectivity index is 6.38. The van der Waals surface area contributed by atoms with E-state index >= 15 is 0 Å². The minimum atomic E-state index is -2.30. The first kappa shape index (κ1) is 41.6. The van der Waals surface area contributed by atoms with Gasteiger partial charge in [0.1, 0.15) is 0 Å². The van der Waals surface area contributed by atoms with Crippen LogP contribution in [0.1, 0.15) is 121 Å². The Morgan fingerprint density at radius 2 is 1.22 bits per heavy atom. The minimum absolute atomic E-state index is 0.169. The van der Waals surface area contributed by atoms with Crippen molar-refractivity contribution in [3.63, 3.8) is 0 Å². The molecule has 0 saturated carbocycles. The zero-order chi connectivity index (χ0) is 32.1. The van der Waals surface area contributed by atoms with Crippen LogP contribution in [-0.2, 0) is 8.85 Å². The summed E-state index contributed by atoms with van der Waals surface area (Å²) in [6.45, 7) is 37.9. The summed E-state index contributed by atoms with van der Waals surface area (Å²) in [5, 5.41) is 0.201. The molecule has 0 rings (SSSR count). The number of hydrogen-bond acceptors (Lipinski definition) is 2. The Kier molecular flexibility index (Phi) is 19.5. The molecule has 0 aromatic carbocycles. The molecular weight excluding hydrogens is 639 g/mol. The molecule has 0 fully saturated rings. The third-order valence-electron chi connectivity index (χ3n) is 9.80. The monoisotopic (exact) mass is 716 g/mol. The Labute approximate surface area is 266 Å². The van der Waals surface area contributed by atoms with Gasteiger partial charge in [-0.05, 0) is 0 Å². The Bertz CT molecular complexity index is 741. The fraction of sp³-hybridized carbons (Fsp3) is 0.889. The molecule has 0 aromatic rings. The summed E-state index contributed by atoms with van der Waals surface area (Å²) in [6.07, 6.45) is 14.9. The van der Waals surface area contributed by atoms with Crippen molar-refractivity contribution in [2.75, 3.05) is 0 Å². The molecule has 0 aliphatic heterocycles. The SMILES string of the molecule is CCC[CH2][Sn](/[CH]=C/C(C)=C/[C@@H](C)[C@@H](O[Si](C)(C)C)[C@@H](C)[C@H](O[Si](C)(C)C(C)(C)C)[C@@H](C)CC)([CH2]CCC)[CH2]CCC. The normalized spacial score (nSPS) is 18.0. The zero-order valence-electron chi connectivity index (χ0n) is 31.0. The predicted octanol–water partition coefficient (Wildman–Crippen LogP) is 12.8. The van der Waals surface area contributed by atoms with E-state index in [0.29, 0.717) is 17.8 Å².